The third-order valence-corrected chi connectivity index (χ3v) is 5.74. The van der Waals surface area contributed by atoms with Crippen LogP contribution in [0, 0.1) is 6.92 Å². The first-order chi connectivity index (χ1) is 14.1. The summed E-state index contributed by atoms with van der Waals surface area (Å²) in [6, 6.07) is 13.3. The number of aryl methyl sites for hydroxylation is 1. The first kappa shape index (κ1) is 22.1. The molecular formula is C23H29ClN4O2. The van der Waals surface area contributed by atoms with Crippen LogP contribution in [-0.4, -0.2) is 36.0 Å². The Morgan fingerprint density at radius 3 is 2.60 bits per heavy atom. The molecule has 30 heavy (non-hydrogen) atoms. The summed E-state index contributed by atoms with van der Waals surface area (Å²) in [5.74, 6) is 0.200. The Balaban J connectivity index is 0.00000256. The Morgan fingerprint density at radius 2 is 1.87 bits per heavy atom. The third-order valence-electron chi connectivity index (χ3n) is 5.74. The number of piperidine rings is 1. The van der Waals surface area contributed by atoms with Crippen LogP contribution in [0.2, 0.25) is 0 Å². The van der Waals surface area contributed by atoms with Crippen molar-refractivity contribution in [2.45, 2.75) is 45.2 Å². The fourth-order valence-corrected chi connectivity index (χ4v) is 4.12. The maximum atomic E-state index is 12.8. The average Bonchev–Trinajstić information content (AvgIpc) is 2.75. The van der Waals surface area contributed by atoms with Crippen molar-refractivity contribution in [3.05, 3.63) is 59.2 Å². The normalized spacial score (nSPS) is 18.0. The number of amides is 3. The van der Waals surface area contributed by atoms with E-state index >= 15 is 0 Å². The smallest absolute Gasteiger partial charge is 0.323 e. The summed E-state index contributed by atoms with van der Waals surface area (Å²) in [4.78, 5) is 27.2. The maximum Gasteiger partial charge on any atom is 0.323 e. The van der Waals surface area contributed by atoms with Gasteiger partial charge in [0.05, 0.1) is 6.04 Å². The van der Waals surface area contributed by atoms with Crippen LogP contribution in [0.25, 0.3) is 0 Å². The number of hydrogen-bond acceptors (Lipinski definition) is 3. The van der Waals surface area contributed by atoms with E-state index in [4.69, 9.17) is 0 Å². The summed E-state index contributed by atoms with van der Waals surface area (Å²) < 4.78 is 0. The molecule has 1 atom stereocenters. The molecule has 2 aliphatic rings. The van der Waals surface area contributed by atoms with Crippen molar-refractivity contribution in [3.63, 3.8) is 0 Å². The van der Waals surface area contributed by atoms with E-state index < -0.39 is 0 Å². The number of carbonyl (C=O) groups is 2. The number of rotatable bonds is 3. The van der Waals surface area contributed by atoms with Crippen molar-refractivity contribution in [1.82, 2.24) is 10.2 Å². The van der Waals surface area contributed by atoms with E-state index in [0.29, 0.717) is 13.1 Å². The molecule has 2 aliphatic heterocycles. The summed E-state index contributed by atoms with van der Waals surface area (Å²) in [5.41, 5.74) is 4.95. The highest BCUT2D eigenvalue weighted by Gasteiger charge is 2.29. The molecule has 1 saturated heterocycles. The van der Waals surface area contributed by atoms with E-state index in [0.717, 1.165) is 60.3 Å². The second kappa shape index (κ2) is 9.96. The minimum atomic E-state index is -0.257. The molecule has 2 aromatic carbocycles. The summed E-state index contributed by atoms with van der Waals surface area (Å²) in [7, 11) is 0. The molecule has 3 N–H and O–H groups in total. The van der Waals surface area contributed by atoms with Crippen molar-refractivity contribution >= 4 is 35.7 Å². The topological polar surface area (TPSA) is 73.5 Å². The largest absolute Gasteiger partial charge is 0.337 e. The molecule has 1 unspecified atom stereocenters. The number of halogens is 1. The lowest BCUT2D eigenvalue weighted by Gasteiger charge is -2.34. The Hall–Kier alpha value is -2.57. The van der Waals surface area contributed by atoms with Gasteiger partial charge in [0.2, 0.25) is 5.91 Å². The number of carbonyl (C=O) groups excluding carboxylic acids is 2. The minimum Gasteiger partial charge on any atom is -0.337 e. The molecule has 0 aliphatic carbocycles. The van der Waals surface area contributed by atoms with Crippen LogP contribution in [0.1, 0.15) is 36.0 Å². The number of hydrogen-bond donors (Lipinski definition) is 3. The Kier molecular flexibility index (Phi) is 7.34. The van der Waals surface area contributed by atoms with Crippen LogP contribution in [0.15, 0.2) is 42.5 Å². The van der Waals surface area contributed by atoms with Crippen molar-refractivity contribution in [1.29, 1.82) is 0 Å². The van der Waals surface area contributed by atoms with Crippen molar-refractivity contribution in [2.75, 3.05) is 23.7 Å². The fraction of sp³-hybridized carbons (Fsp3) is 0.391. The quantitative estimate of drug-likeness (QED) is 0.689. The monoisotopic (exact) mass is 428 g/mol. The molecule has 3 amide bonds. The van der Waals surface area contributed by atoms with Gasteiger partial charge in [0.1, 0.15) is 0 Å². The second-order valence-electron chi connectivity index (χ2n) is 7.90. The molecule has 0 saturated carbocycles. The number of anilines is 2. The van der Waals surface area contributed by atoms with Gasteiger partial charge < -0.3 is 20.9 Å². The van der Waals surface area contributed by atoms with Gasteiger partial charge in [0.25, 0.3) is 0 Å². The minimum absolute atomic E-state index is 0. The summed E-state index contributed by atoms with van der Waals surface area (Å²) in [5, 5.41) is 9.19. The van der Waals surface area contributed by atoms with E-state index in [2.05, 4.69) is 16.0 Å². The lowest BCUT2D eigenvalue weighted by molar-refractivity contribution is -0.135. The number of benzene rings is 2. The van der Waals surface area contributed by atoms with Crippen LogP contribution in [-0.2, 0) is 17.8 Å². The Labute approximate surface area is 183 Å². The molecule has 160 valence electrons. The molecule has 2 heterocycles. The van der Waals surface area contributed by atoms with Gasteiger partial charge in [0, 0.05) is 24.5 Å². The zero-order valence-corrected chi connectivity index (χ0v) is 18.1. The number of nitrogens with one attached hydrogen (secondary N) is 3. The van der Waals surface area contributed by atoms with Crippen molar-refractivity contribution in [3.8, 4) is 0 Å². The first-order valence-corrected chi connectivity index (χ1v) is 10.4. The van der Waals surface area contributed by atoms with Crippen LogP contribution in [0.4, 0.5) is 16.2 Å². The number of urea groups is 1. The molecule has 0 bridgehead atoms. The molecular weight excluding hydrogens is 400 g/mol. The fourth-order valence-electron chi connectivity index (χ4n) is 4.12. The maximum absolute atomic E-state index is 12.8. The molecule has 7 heteroatoms. The lowest BCUT2D eigenvalue weighted by Crippen LogP contribution is -2.49. The SMILES string of the molecule is Cc1ccc(NC(=O)Nc2cccc3c2CCN(C(=O)C2CCCCN2)C3)cc1.Cl. The molecule has 0 radical (unpaired) electrons. The van der Waals surface area contributed by atoms with E-state index in [1.165, 1.54) is 0 Å². The van der Waals surface area contributed by atoms with Crippen LogP contribution >= 0.6 is 12.4 Å². The molecule has 1 fully saturated rings. The summed E-state index contributed by atoms with van der Waals surface area (Å²) in [6.07, 6.45) is 3.92. The second-order valence-corrected chi connectivity index (χ2v) is 7.90. The zero-order chi connectivity index (χ0) is 20.2. The van der Waals surface area contributed by atoms with E-state index in [1.54, 1.807) is 0 Å². The van der Waals surface area contributed by atoms with Gasteiger partial charge >= 0.3 is 6.03 Å². The van der Waals surface area contributed by atoms with Crippen LogP contribution < -0.4 is 16.0 Å². The highest BCUT2D eigenvalue weighted by molar-refractivity contribution is 6.00. The predicted octanol–water partition coefficient (Wildman–Crippen LogP) is 4.09. The van der Waals surface area contributed by atoms with Gasteiger partial charge in [-0.1, -0.05) is 36.2 Å². The van der Waals surface area contributed by atoms with Gasteiger partial charge in [-0.2, -0.15) is 0 Å². The molecule has 2 aromatic rings. The Morgan fingerprint density at radius 1 is 1.07 bits per heavy atom. The molecule has 0 spiro atoms. The Bertz CT molecular complexity index is 895. The number of nitrogens with zero attached hydrogens (tertiary/aromatic N) is 1. The average molecular weight is 429 g/mol. The van der Waals surface area contributed by atoms with Crippen molar-refractivity contribution in [2.24, 2.45) is 0 Å². The van der Waals surface area contributed by atoms with Crippen molar-refractivity contribution < 1.29 is 9.59 Å². The molecule has 6 nitrogen and oxygen atoms in total. The molecule has 0 aromatic heterocycles. The van der Waals surface area contributed by atoms with Crippen LogP contribution in [0.5, 0.6) is 0 Å². The first-order valence-electron chi connectivity index (χ1n) is 10.4. The van der Waals surface area contributed by atoms with E-state index in [-0.39, 0.29) is 30.4 Å². The summed E-state index contributed by atoms with van der Waals surface area (Å²) >= 11 is 0. The summed E-state index contributed by atoms with van der Waals surface area (Å²) in [6.45, 7) is 4.22. The highest BCUT2D eigenvalue weighted by Crippen LogP contribution is 2.27. The van der Waals surface area contributed by atoms with Gasteiger partial charge in [0.15, 0.2) is 0 Å². The number of fused-ring (bicyclic) bond motifs is 1. The lowest BCUT2D eigenvalue weighted by atomic mass is 9.96. The van der Waals surface area contributed by atoms with Gasteiger partial charge in [-0.15, -0.1) is 12.4 Å². The predicted molar refractivity (Wildman–Crippen MR) is 122 cm³/mol. The zero-order valence-electron chi connectivity index (χ0n) is 17.2. The standard InChI is InChI=1S/C23H28N4O2.ClH/c1-16-8-10-18(11-9-16)25-23(29)26-20-7-4-5-17-15-27(14-12-19(17)20)22(28)21-6-2-3-13-24-21;/h4-5,7-11,21,24H,2-3,6,12-15H2,1H3,(H2,25,26,29);1H. The third kappa shape index (κ3) is 5.12. The van der Waals surface area contributed by atoms with Gasteiger partial charge in [-0.05, 0) is 62.1 Å². The van der Waals surface area contributed by atoms with Gasteiger partial charge in [-0.3, -0.25) is 4.79 Å². The van der Waals surface area contributed by atoms with Crippen LogP contribution in [0.3, 0.4) is 0 Å². The highest BCUT2D eigenvalue weighted by atomic mass is 35.5. The van der Waals surface area contributed by atoms with Gasteiger partial charge in [-0.25, -0.2) is 4.79 Å². The molecule has 4 rings (SSSR count). The van der Waals surface area contributed by atoms with E-state index in [1.807, 2.05) is 54.3 Å². The van der Waals surface area contributed by atoms with E-state index in [9.17, 15) is 9.59 Å².